The summed E-state index contributed by atoms with van der Waals surface area (Å²) >= 11 is 12.0. The molecule has 128 valence electrons. The largest absolute Gasteiger partial charge is 0.387 e. The summed E-state index contributed by atoms with van der Waals surface area (Å²) in [7, 11) is 0. The van der Waals surface area contributed by atoms with E-state index in [0.717, 1.165) is 12.0 Å². The zero-order valence-electron chi connectivity index (χ0n) is 13.4. The summed E-state index contributed by atoms with van der Waals surface area (Å²) in [6.45, 7) is 2.49. The first-order chi connectivity index (χ1) is 11.5. The lowest BCUT2D eigenvalue weighted by Gasteiger charge is -2.16. The van der Waals surface area contributed by atoms with Crippen LogP contribution in [0.5, 0.6) is 0 Å². The zero-order valence-corrected chi connectivity index (χ0v) is 14.9. The molecule has 3 N–H and O–H groups in total. The molecular weight excluding hydrogens is 347 g/mol. The highest BCUT2D eigenvalue weighted by atomic mass is 35.5. The Hall–Kier alpha value is -1.59. The van der Waals surface area contributed by atoms with E-state index in [0.29, 0.717) is 34.4 Å². The zero-order chi connectivity index (χ0) is 17.5. The quantitative estimate of drug-likeness (QED) is 0.652. The van der Waals surface area contributed by atoms with Crippen molar-refractivity contribution in [3.8, 4) is 0 Å². The van der Waals surface area contributed by atoms with E-state index in [4.69, 9.17) is 23.2 Å². The van der Waals surface area contributed by atoms with Crippen molar-refractivity contribution in [2.45, 2.75) is 19.4 Å². The molecule has 0 spiro atoms. The van der Waals surface area contributed by atoms with Crippen molar-refractivity contribution in [2.75, 3.05) is 18.4 Å². The van der Waals surface area contributed by atoms with Crippen LogP contribution in [-0.4, -0.2) is 24.1 Å². The maximum Gasteiger partial charge on any atom is 0.221 e. The van der Waals surface area contributed by atoms with Crippen molar-refractivity contribution in [1.29, 1.82) is 0 Å². The fourth-order valence-electron chi connectivity index (χ4n) is 2.39. The number of benzene rings is 2. The van der Waals surface area contributed by atoms with Crippen LogP contribution in [0.25, 0.3) is 0 Å². The standard InChI is InChI=1S/C18H20Cl2N2O2/c1-12(23)22-17-5-3-2-4-15(17)18(24)11-21-9-8-13-6-7-14(19)10-16(13)20/h2-7,10,18,21,24H,8-9,11H2,1H3,(H,22,23). The van der Waals surface area contributed by atoms with Crippen LogP contribution in [0.15, 0.2) is 42.5 Å². The maximum atomic E-state index is 11.2. The van der Waals surface area contributed by atoms with Gasteiger partial charge in [0.1, 0.15) is 0 Å². The second-order valence-corrected chi connectivity index (χ2v) is 6.32. The van der Waals surface area contributed by atoms with E-state index >= 15 is 0 Å². The highest BCUT2D eigenvalue weighted by Crippen LogP contribution is 2.23. The van der Waals surface area contributed by atoms with Gasteiger partial charge in [0.2, 0.25) is 5.91 Å². The summed E-state index contributed by atoms with van der Waals surface area (Å²) < 4.78 is 0. The summed E-state index contributed by atoms with van der Waals surface area (Å²) in [4.78, 5) is 11.2. The summed E-state index contributed by atoms with van der Waals surface area (Å²) in [5.74, 6) is -0.167. The van der Waals surface area contributed by atoms with Crippen LogP contribution in [0.1, 0.15) is 24.2 Å². The Morgan fingerprint density at radius 2 is 1.96 bits per heavy atom. The molecule has 0 aliphatic rings. The minimum Gasteiger partial charge on any atom is -0.387 e. The van der Waals surface area contributed by atoms with Gasteiger partial charge in [-0.3, -0.25) is 4.79 Å². The Balaban J connectivity index is 1.87. The first kappa shape index (κ1) is 18.7. The summed E-state index contributed by atoms with van der Waals surface area (Å²) in [5.41, 5.74) is 2.31. The van der Waals surface area contributed by atoms with Crippen LogP contribution < -0.4 is 10.6 Å². The number of amides is 1. The number of rotatable bonds is 7. The second kappa shape index (κ2) is 9.04. The number of carbonyl (C=O) groups is 1. The SMILES string of the molecule is CC(=O)Nc1ccccc1C(O)CNCCc1ccc(Cl)cc1Cl. The number of halogens is 2. The number of hydrogen-bond donors (Lipinski definition) is 3. The lowest BCUT2D eigenvalue weighted by Crippen LogP contribution is -2.24. The fourth-order valence-corrected chi connectivity index (χ4v) is 2.89. The molecule has 0 aliphatic carbocycles. The molecule has 1 amide bonds. The van der Waals surface area contributed by atoms with Gasteiger partial charge >= 0.3 is 0 Å². The Morgan fingerprint density at radius 3 is 2.67 bits per heavy atom. The molecule has 2 aromatic rings. The van der Waals surface area contributed by atoms with Gasteiger partial charge in [-0.2, -0.15) is 0 Å². The Bertz CT molecular complexity index is 707. The lowest BCUT2D eigenvalue weighted by atomic mass is 10.1. The molecular formula is C18H20Cl2N2O2. The van der Waals surface area contributed by atoms with Crippen LogP contribution in [-0.2, 0) is 11.2 Å². The number of hydrogen-bond acceptors (Lipinski definition) is 3. The molecule has 6 heteroatoms. The van der Waals surface area contributed by atoms with E-state index in [-0.39, 0.29) is 5.91 Å². The van der Waals surface area contributed by atoms with Crippen molar-refractivity contribution in [1.82, 2.24) is 5.32 Å². The highest BCUT2D eigenvalue weighted by Gasteiger charge is 2.12. The first-order valence-electron chi connectivity index (χ1n) is 7.66. The van der Waals surface area contributed by atoms with Gasteiger partial charge in [0.15, 0.2) is 0 Å². The number of aliphatic hydroxyl groups is 1. The van der Waals surface area contributed by atoms with E-state index in [1.165, 1.54) is 6.92 Å². The third kappa shape index (κ3) is 5.49. The van der Waals surface area contributed by atoms with Gasteiger partial charge < -0.3 is 15.7 Å². The minimum absolute atomic E-state index is 0.167. The predicted octanol–water partition coefficient (Wildman–Crippen LogP) is 3.82. The van der Waals surface area contributed by atoms with Crippen LogP contribution in [0.2, 0.25) is 10.0 Å². The maximum absolute atomic E-state index is 11.2. The molecule has 2 rings (SSSR count). The van der Waals surface area contributed by atoms with Crippen LogP contribution >= 0.6 is 23.2 Å². The normalized spacial score (nSPS) is 12.0. The van der Waals surface area contributed by atoms with E-state index in [9.17, 15) is 9.90 Å². The smallest absolute Gasteiger partial charge is 0.221 e. The Morgan fingerprint density at radius 1 is 1.21 bits per heavy atom. The topological polar surface area (TPSA) is 61.4 Å². The molecule has 0 radical (unpaired) electrons. The number of nitrogens with one attached hydrogen (secondary N) is 2. The summed E-state index contributed by atoms with van der Waals surface area (Å²) in [6.07, 6.45) is 0.0181. The monoisotopic (exact) mass is 366 g/mol. The first-order valence-corrected chi connectivity index (χ1v) is 8.42. The molecule has 0 aromatic heterocycles. The molecule has 0 heterocycles. The fraction of sp³-hybridized carbons (Fsp3) is 0.278. The predicted molar refractivity (Wildman–Crippen MR) is 98.7 cm³/mol. The third-order valence-electron chi connectivity index (χ3n) is 3.55. The third-order valence-corrected chi connectivity index (χ3v) is 4.14. The second-order valence-electron chi connectivity index (χ2n) is 5.47. The summed E-state index contributed by atoms with van der Waals surface area (Å²) in [5, 5.41) is 17.5. The molecule has 0 fully saturated rings. The van der Waals surface area contributed by atoms with E-state index in [2.05, 4.69) is 10.6 Å². The van der Waals surface area contributed by atoms with Crippen molar-refractivity contribution in [3.05, 3.63) is 63.6 Å². The van der Waals surface area contributed by atoms with E-state index in [1.807, 2.05) is 18.2 Å². The van der Waals surface area contributed by atoms with Crippen molar-refractivity contribution in [3.63, 3.8) is 0 Å². The van der Waals surface area contributed by atoms with E-state index < -0.39 is 6.10 Å². The molecule has 0 bridgehead atoms. The van der Waals surface area contributed by atoms with Crippen molar-refractivity contribution >= 4 is 34.8 Å². The van der Waals surface area contributed by atoms with Gasteiger partial charge in [-0.15, -0.1) is 0 Å². The van der Waals surface area contributed by atoms with Gasteiger partial charge in [0, 0.05) is 34.8 Å². The number of carbonyl (C=O) groups excluding carboxylic acids is 1. The van der Waals surface area contributed by atoms with Crippen LogP contribution in [0, 0.1) is 0 Å². The van der Waals surface area contributed by atoms with Crippen LogP contribution in [0.3, 0.4) is 0 Å². The average molecular weight is 367 g/mol. The molecule has 0 saturated carbocycles. The molecule has 0 aliphatic heterocycles. The van der Waals surface area contributed by atoms with Gasteiger partial charge in [0.25, 0.3) is 0 Å². The highest BCUT2D eigenvalue weighted by molar-refractivity contribution is 6.35. The van der Waals surface area contributed by atoms with Crippen LogP contribution in [0.4, 0.5) is 5.69 Å². The number of para-hydroxylation sites is 1. The van der Waals surface area contributed by atoms with Crippen molar-refractivity contribution in [2.24, 2.45) is 0 Å². The Kier molecular flexibility index (Phi) is 7.06. The minimum atomic E-state index is -0.714. The van der Waals surface area contributed by atoms with Gasteiger partial charge in [-0.05, 0) is 36.7 Å². The number of aliphatic hydroxyl groups excluding tert-OH is 1. The summed E-state index contributed by atoms with van der Waals surface area (Å²) in [6, 6.07) is 12.6. The molecule has 4 nitrogen and oxygen atoms in total. The average Bonchev–Trinajstić information content (AvgIpc) is 2.53. The van der Waals surface area contributed by atoms with Gasteiger partial charge in [-0.25, -0.2) is 0 Å². The molecule has 2 aromatic carbocycles. The lowest BCUT2D eigenvalue weighted by molar-refractivity contribution is -0.114. The van der Waals surface area contributed by atoms with Crippen molar-refractivity contribution < 1.29 is 9.90 Å². The number of anilines is 1. The van der Waals surface area contributed by atoms with E-state index in [1.54, 1.807) is 24.3 Å². The molecule has 0 saturated heterocycles. The molecule has 1 atom stereocenters. The Labute approximate surface area is 151 Å². The van der Waals surface area contributed by atoms with Gasteiger partial charge in [0.05, 0.1) is 6.10 Å². The molecule has 1 unspecified atom stereocenters. The molecule has 24 heavy (non-hydrogen) atoms. The van der Waals surface area contributed by atoms with Gasteiger partial charge in [-0.1, -0.05) is 47.5 Å².